The molecule has 1 saturated carbocycles. The fourth-order valence-electron chi connectivity index (χ4n) is 7.65. The average Bonchev–Trinajstić information content (AvgIpc) is 3.38. The topological polar surface area (TPSA) is 64.3 Å². The van der Waals surface area contributed by atoms with Gasteiger partial charge in [0.15, 0.2) is 0 Å². The molecule has 4 nitrogen and oxygen atoms in total. The van der Waals surface area contributed by atoms with E-state index in [2.05, 4.69) is 67.3 Å². The summed E-state index contributed by atoms with van der Waals surface area (Å²) >= 11 is 0. The zero-order valence-corrected chi connectivity index (χ0v) is 25.5. The van der Waals surface area contributed by atoms with Crippen molar-refractivity contribution in [2.75, 3.05) is 19.6 Å². The summed E-state index contributed by atoms with van der Waals surface area (Å²) in [6.45, 7) is 7.94. The Morgan fingerprint density at radius 3 is 2.32 bits per heavy atom. The molecule has 0 amide bonds. The number of benzene rings is 2. The molecule has 0 aromatic heterocycles. The van der Waals surface area contributed by atoms with Crippen LogP contribution in [0.25, 0.3) is 0 Å². The fourth-order valence-corrected chi connectivity index (χ4v) is 7.65. The molecule has 0 radical (unpaired) electrons. The van der Waals surface area contributed by atoms with Crippen LogP contribution in [0.15, 0.2) is 54.6 Å². The molecule has 1 aliphatic heterocycles. The van der Waals surface area contributed by atoms with E-state index < -0.39 is 5.97 Å². The Labute approximate surface area is 249 Å². The van der Waals surface area contributed by atoms with E-state index in [1.54, 1.807) is 0 Å². The number of piperidine rings is 1. The van der Waals surface area contributed by atoms with E-state index in [4.69, 9.17) is 5.26 Å². The number of hydrogen-bond acceptors (Lipinski definition) is 3. The van der Waals surface area contributed by atoms with Crippen molar-refractivity contribution < 1.29 is 9.90 Å². The molecule has 1 aliphatic carbocycles. The van der Waals surface area contributed by atoms with Gasteiger partial charge in [-0.15, -0.1) is 0 Å². The fraction of sp³-hybridized carbons (Fsp3) is 0.622. The summed E-state index contributed by atoms with van der Waals surface area (Å²) in [7, 11) is 0. The monoisotopic (exact) mass is 556 g/mol. The van der Waals surface area contributed by atoms with E-state index in [9.17, 15) is 9.90 Å². The van der Waals surface area contributed by atoms with Gasteiger partial charge in [0.1, 0.15) is 0 Å². The smallest absolute Gasteiger partial charge is 0.306 e. The van der Waals surface area contributed by atoms with Gasteiger partial charge in [-0.25, -0.2) is 0 Å². The summed E-state index contributed by atoms with van der Waals surface area (Å²) in [6.07, 6.45) is 14.0. The summed E-state index contributed by atoms with van der Waals surface area (Å²) in [4.78, 5) is 14.4. The van der Waals surface area contributed by atoms with Crippen molar-refractivity contribution in [3.05, 3.63) is 71.3 Å². The lowest BCUT2D eigenvalue weighted by molar-refractivity contribution is -0.142. The number of nitrogens with zero attached hydrogens (tertiary/aromatic N) is 2. The molecule has 41 heavy (non-hydrogen) atoms. The molecule has 2 aromatic carbocycles. The highest BCUT2D eigenvalue weighted by molar-refractivity contribution is 5.69. The lowest BCUT2D eigenvalue weighted by Gasteiger charge is -2.35. The minimum absolute atomic E-state index is 0.178. The summed E-state index contributed by atoms with van der Waals surface area (Å²) in [5.74, 6) is 2.63. The zero-order valence-electron chi connectivity index (χ0n) is 25.5. The first kappa shape index (κ1) is 31.3. The zero-order chi connectivity index (χ0) is 29.0. The van der Waals surface area contributed by atoms with Crippen molar-refractivity contribution in [3.8, 4) is 6.07 Å². The van der Waals surface area contributed by atoms with E-state index in [-0.39, 0.29) is 5.92 Å². The van der Waals surface area contributed by atoms with Crippen molar-refractivity contribution in [3.63, 3.8) is 0 Å². The molecule has 2 aromatic rings. The third-order valence-corrected chi connectivity index (χ3v) is 9.90. The molecule has 222 valence electrons. The Morgan fingerprint density at radius 2 is 1.66 bits per heavy atom. The minimum atomic E-state index is -0.612. The number of unbranched alkanes of at least 4 members (excludes halogenated alkanes) is 1. The third kappa shape index (κ3) is 10.00. The Bertz CT molecular complexity index is 1080. The maximum Gasteiger partial charge on any atom is 0.306 e. The number of aryl methyl sites for hydroxylation is 1. The second-order valence-corrected chi connectivity index (χ2v) is 13.5. The molecule has 1 N–H and O–H groups in total. The molecule has 2 aliphatic rings. The van der Waals surface area contributed by atoms with Crippen LogP contribution in [-0.2, 0) is 11.2 Å². The molecule has 1 saturated heterocycles. The number of hydrogen-bond donors (Lipinski definition) is 1. The van der Waals surface area contributed by atoms with Crippen molar-refractivity contribution in [2.45, 2.75) is 96.8 Å². The van der Waals surface area contributed by atoms with Gasteiger partial charge in [-0.2, -0.15) is 5.26 Å². The highest BCUT2D eigenvalue weighted by Gasteiger charge is 2.36. The number of rotatable bonds is 15. The van der Waals surface area contributed by atoms with Gasteiger partial charge in [0.05, 0.1) is 17.6 Å². The first-order valence-corrected chi connectivity index (χ1v) is 16.4. The van der Waals surface area contributed by atoms with Crippen LogP contribution in [0.1, 0.15) is 107 Å². The average molecular weight is 557 g/mol. The van der Waals surface area contributed by atoms with Gasteiger partial charge < -0.3 is 10.0 Å². The predicted molar refractivity (Wildman–Crippen MR) is 168 cm³/mol. The quantitative estimate of drug-likeness (QED) is 0.223. The van der Waals surface area contributed by atoms with Gasteiger partial charge in [-0.3, -0.25) is 4.79 Å². The van der Waals surface area contributed by atoms with Crippen LogP contribution in [0.5, 0.6) is 0 Å². The molecule has 2 unspecified atom stereocenters. The first-order chi connectivity index (χ1) is 19.9. The van der Waals surface area contributed by atoms with Crippen LogP contribution in [0.2, 0.25) is 0 Å². The molecular weight excluding hydrogens is 504 g/mol. The second-order valence-electron chi connectivity index (χ2n) is 13.5. The summed E-state index contributed by atoms with van der Waals surface area (Å²) in [6, 6.07) is 21.5. The van der Waals surface area contributed by atoms with Crippen molar-refractivity contribution in [1.29, 1.82) is 5.26 Å². The standard InChI is InChI=1S/C37H52N2O2/c1-28(2)23-34(37(40)41)14-7-6-9-32-24-35(36(25-32)33-12-4-3-5-13-33)27-39-21-19-30(20-22-39)11-8-10-29-15-17-31(26-38)18-16-29/h3-5,12-13,15-18,28,30,32,34-36H,6-11,14,19-25,27H2,1-2H3,(H,40,41)/t32?,34?,35-,36-/m1/s1. The van der Waals surface area contributed by atoms with Gasteiger partial charge in [0.2, 0.25) is 0 Å². The van der Waals surface area contributed by atoms with Crippen LogP contribution >= 0.6 is 0 Å². The van der Waals surface area contributed by atoms with Crippen LogP contribution in [-0.4, -0.2) is 35.6 Å². The number of carboxylic acids is 1. The van der Waals surface area contributed by atoms with Gasteiger partial charge in [0, 0.05) is 6.54 Å². The van der Waals surface area contributed by atoms with Crippen molar-refractivity contribution in [1.82, 2.24) is 4.90 Å². The maximum atomic E-state index is 11.7. The SMILES string of the molecule is CC(C)CC(CCCCC1C[C@H](CN2CCC(CCCc3ccc(C#N)cc3)CC2)[C@@H](c2ccccc2)C1)C(=O)O. The molecule has 4 heteroatoms. The Morgan fingerprint density at radius 1 is 0.951 bits per heavy atom. The lowest BCUT2D eigenvalue weighted by Crippen LogP contribution is -2.37. The molecule has 0 bridgehead atoms. The summed E-state index contributed by atoms with van der Waals surface area (Å²) < 4.78 is 0. The van der Waals surface area contributed by atoms with Crippen LogP contribution in [0.4, 0.5) is 0 Å². The largest absolute Gasteiger partial charge is 0.481 e. The Kier molecular flexibility index (Phi) is 12.3. The maximum absolute atomic E-state index is 11.7. The number of aliphatic carboxylic acids is 1. The van der Waals surface area contributed by atoms with Gasteiger partial charge in [0.25, 0.3) is 0 Å². The van der Waals surface area contributed by atoms with E-state index in [0.29, 0.717) is 11.8 Å². The molecule has 4 atom stereocenters. The van der Waals surface area contributed by atoms with Crippen molar-refractivity contribution in [2.24, 2.45) is 29.6 Å². The number of carbonyl (C=O) groups is 1. The van der Waals surface area contributed by atoms with Crippen LogP contribution < -0.4 is 0 Å². The highest BCUT2D eigenvalue weighted by Crippen LogP contribution is 2.45. The van der Waals surface area contributed by atoms with E-state index in [1.165, 1.54) is 75.7 Å². The molecule has 0 spiro atoms. The van der Waals surface area contributed by atoms with Crippen molar-refractivity contribution >= 4 is 5.97 Å². The normalized spacial score (nSPS) is 22.5. The van der Waals surface area contributed by atoms with Gasteiger partial charge >= 0.3 is 5.97 Å². The number of carboxylic acid groups (broad SMARTS) is 1. The van der Waals surface area contributed by atoms with E-state index >= 15 is 0 Å². The van der Waals surface area contributed by atoms with E-state index in [1.807, 2.05) is 12.1 Å². The third-order valence-electron chi connectivity index (χ3n) is 9.90. The molecule has 1 heterocycles. The molecule has 4 rings (SSSR count). The number of nitriles is 1. The summed E-state index contributed by atoms with van der Waals surface area (Å²) in [5, 5.41) is 18.6. The summed E-state index contributed by atoms with van der Waals surface area (Å²) in [5.41, 5.74) is 3.61. The Hall–Kier alpha value is -2.64. The highest BCUT2D eigenvalue weighted by atomic mass is 16.4. The first-order valence-electron chi connectivity index (χ1n) is 16.4. The minimum Gasteiger partial charge on any atom is -0.481 e. The number of likely N-dealkylation sites (tertiary alicyclic amines) is 1. The van der Waals surface area contributed by atoms with Gasteiger partial charge in [-0.05, 0) is 117 Å². The van der Waals surface area contributed by atoms with Crippen LogP contribution in [0.3, 0.4) is 0 Å². The van der Waals surface area contributed by atoms with Crippen LogP contribution in [0, 0.1) is 40.9 Å². The lowest BCUT2D eigenvalue weighted by atomic mass is 9.86. The second kappa shape index (κ2) is 16.1. The van der Waals surface area contributed by atoms with E-state index in [0.717, 1.165) is 55.4 Å². The predicted octanol–water partition coefficient (Wildman–Crippen LogP) is 8.71. The molecular formula is C37H52N2O2. The van der Waals surface area contributed by atoms with Gasteiger partial charge in [-0.1, -0.05) is 82.0 Å². The Balaban J connectivity index is 1.21. The molecule has 2 fully saturated rings.